The fraction of sp³-hybridized carbons (Fsp3) is 1.00. The Hall–Kier alpha value is -0.170. The van der Waals surface area contributed by atoms with Crippen molar-refractivity contribution in [3.8, 4) is 0 Å². The predicted octanol–water partition coefficient (Wildman–Crippen LogP) is 0.636. The molecule has 0 aromatic carbocycles. The molecule has 1 heterocycles. The first-order valence-corrected chi connectivity index (χ1v) is 9.44. The molecule has 2 unspecified atom stereocenters. The molecule has 1 fully saturated rings. The summed E-state index contributed by atoms with van der Waals surface area (Å²) in [6.07, 6.45) is 2.92. The first-order valence-electron chi connectivity index (χ1n) is 7.62. The number of nitrogens with zero attached hydrogens (tertiary/aromatic N) is 1. The molecule has 0 amide bonds. The quantitative estimate of drug-likeness (QED) is 0.688. The van der Waals surface area contributed by atoms with Crippen molar-refractivity contribution in [3.05, 3.63) is 0 Å². The third-order valence-corrected chi connectivity index (χ3v) is 5.93. The van der Waals surface area contributed by atoms with Gasteiger partial charge >= 0.3 is 0 Å². The van der Waals surface area contributed by atoms with Crippen molar-refractivity contribution >= 4 is 9.84 Å². The van der Waals surface area contributed by atoms with E-state index in [-0.39, 0.29) is 29.7 Å². The van der Waals surface area contributed by atoms with E-state index in [1.165, 1.54) is 0 Å². The summed E-state index contributed by atoms with van der Waals surface area (Å²) in [5.74, 6) is 0.557. The Morgan fingerprint density at radius 3 is 2.70 bits per heavy atom. The van der Waals surface area contributed by atoms with E-state index in [0.717, 1.165) is 32.4 Å². The zero-order valence-electron chi connectivity index (χ0n) is 13.1. The third kappa shape index (κ3) is 5.68. The maximum Gasteiger partial charge on any atom is 0.153 e. The zero-order valence-corrected chi connectivity index (χ0v) is 13.9. The number of rotatable bonds is 8. The van der Waals surface area contributed by atoms with Gasteiger partial charge in [0.05, 0.1) is 18.1 Å². The van der Waals surface area contributed by atoms with E-state index in [1.54, 1.807) is 0 Å². The third-order valence-electron chi connectivity index (χ3n) is 4.13. The molecule has 2 N–H and O–H groups in total. The first kappa shape index (κ1) is 17.9. The normalized spacial score (nSPS) is 26.3. The Kier molecular flexibility index (Phi) is 6.91. The van der Waals surface area contributed by atoms with Gasteiger partial charge in [0.15, 0.2) is 9.84 Å². The monoisotopic (exact) mass is 306 g/mol. The number of nitrogens with one attached hydrogen (secondary N) is 1. The maximum atomic E-state index is 11.5. The second-order valence-corrected chi connectivity index (χ2v) is 8.48. The Bertz CT molecular complexity index is 386. The Morgan fingerprint density at radius 2 is 2.15 bits per heavy atom. The zero-order chi connectivity index (χ0) is 15.2. The van der Waals surface area contributed by atoms with Crippen molar-refractivity contribution < 1.29 is 13.5 Å². The smallest absolute Gasteiger partial charge is 0.153 e. The van der Waals surface area contributed by atoms with Crippen molar-refractivity contribution in [3.63, 3.8) is 0 Å². The maximum absolute atomic E-state index is 11.5. The highest BCUT2D eigenvalue weighted by Crippen LogP contribution is 2.16. The number of aliphatic hydroxyl groups excluding tert-OH is 1. The van der Waals surface area contributed by atoms with Crippen molar-refractivity contribution in [2.24, 2.45) is 0 Å². The predicted molar refractivity (Wildman–Crippen MR) is 82.7 cm³/mol. The lowest BCUT2D eigenvalue weighted by Gasteiger charge is -2.35. The van der Waals surface area contributed by atoms with Crippen LogP contribution in [0.1, 0.15) is 40.0 Å². The minimum atomic E-state index is -2.83. The van der Waals surface area contributed by atoms with Crippen LogP contribution in [0.3, 0.4) is 0 Å². The van der Waals surface area contributed by atoms with Gasteiger partial charge in [-0.3, -0.25) is 4.90 Å². The Balaban J connectivity index is 2.36. The molecule has 1 saturated heterocycles. The van der Waals surface area contributed by atoms with Gasteiger partial charge < -0.3 is 10.4 Å². The molecule has 0 aliphatic carbocycles. The second kappa shape index (κ2) is 7.73. The van der Waals surface area contributed by atoms with Crippen LogP contribution in [0.4, 0.5) is 0 Å². The topological polar surface area (TPSA) is 69.6 Å². The lowest BCUT2D eigenvalue weighted by Crippen LogP contribution is -2.49. The molecular formula is C14H30N2O3S. The van der Waals surface area contributed by atoms with Gasteiger partial charge in [0, 0.05) is 18.1 Å². The molecule has 0 aromatic heterocycles. The van der Waals surface area contributed by atoms with Gasteiger partial charge in [-0.25, -0.2) is 8.42 Å². The number of sulfone groups is 1. The van der Waals surface area contributed by atoms with Crippen LogP contribution in [0.5, 0.6) is 0 Å². The summed E-state index contributed by atoms with van der Waals surface area (Å²) in [5, 5.41) is 12.9. The highest BCUT2D eigenvalue weighted by molar-refractivity contribution is 7.91. The molecule has 20 heavy (non-hydrogen) atoms. The molecule has 120 valence electrons. The van der Waals surface area contributed by atoms with Crippen LogP contribution in [-0.4, -0.2) is 67.8 Å². The summed E-state index contributed by atoms with van der Waals surface area (Å²) in [5.41, 5.74) is -0.221. The van der Waals surface area contributed by atoms with Crippen LogP contribution in [0.2, 0.25) is 0 Å². The van der Waals surface area contributed by atoms with Crippen LogP contribution in [-0.2, 0) is 9.84 Å². The summed E-state index contributed by atoms with van der Waals surface area (Å²) < 4.78 is 23.1. The number of aliphatic hydroxyl groups is 1. The van der Waals surface area contributed by atoms with Crippen molar-refractivity contribution in [1.29, 1.82) is 0 Å². The minimum Gasteiger partial charge on any atom is -0.394 e. The molecule has 1 rings (SSSR count). The van der Waals surface area contributed by atoms with Gasteiger partial charge in [-0.1, -0.05) is 6.92 Å². The van der Waals surface area contributed by atoms with Crippen molar-refractivity contribution in [1.82, 2.24) is 10.2 Å². The molecule has 0 radical (unpaired) electrons. The summed E-state index contributed by atoms with van der Waals surface area (Å²) in [4.78, 5) is 2.25. The first-order chi connectivity index (χ1) is 9.32. The summed E-state index contributed by atoms with van der Waals surface area (Å²) in [6, 6.07) is 0.109. The number of hydrogen-bond donors (Lipinski definition) is 2. The second-order valence-electron chi connectivity index (χ2n) is 6.25. The SMILES string of the molecule is CCCNC(C)(CO)CCCN1CCS(=O)(=O)CC1C. The van der Waals surface area contributed by atoms with E-state index >= 15 is 0 Å². The molecule has 0 aromatic rings. The standard InChI is InChI=1S/C14H30N2O3S/c1-4-7-15-14(3,12-17)6-5-8-16-9-10-20(18,19)11-13(16)2/h13,15,17H,4-12H2,1-3H3. The molecule has 1 aliphatic heterocycles. The van der Waals surface area contributed by atoms with Gasteiger partial charge in [0.2, 0.25) is 0 Å². The molecular weight excluding hydrogens is 276 g/mol. The van der Waals surface area contributed by atoms with E-state index in [9.17, 15) is 13.5 Å². The van der Waals surface area contributed by atoms with E-state index < -0.39 is 9.84 Å². The van der Waals surface area contributed by atoms with Gasteiger partial charge in [-0.15, -0.1) is 0 Å². The highest BCUT2D eigenvalue weighted by Gasteiger charge is 2.28. The van der Waals surface area contributed by atoms with Gasteiger partial charge in [0.25, 0.3) is 0 Å². The summed E-state index contributed by atoms with van der Waals surface area (Å²) >= 11 is 0. The summed E-state index contributed by atoms with van der Waals surface area (Å²) in [6.45, 7) is 8.73. The lowest BCUT2D eigenvalue weighted by molar-refractivity contribution is 0.151. The summed E-state index contributed by atoms with van der Waals surface area (Å²) in [7, 11) is -2.83. The molecule has 0 saturated carbocycles. The van der Waals surface area contributed by atoms with Crippen LogP contribution in [0.25, 0.3) is 0 Å². The van der Waals surface area contributed by atoms with Crippen LogP contribution >= 0.6 is 0 Å². The van der Waals surface area contributed by atoms with E-state index in [0.29, 0.717) is 6.54 Å². The van der Waals surface area contributed by atoms with Crippen LogP contribution in [0.15, 0.2) is 0 Å². The molecule has 5 nitrogen and oxygen atoms in total. The molecule has 1 aliphatic rings. The van der Waals surface area contributed by atoms with Gasteiger partial charge in [-0.2, -0.15) is 0 Å². The lowest BCUT2D eigenvalue weighted by atomic mass is 9.96. The molecule has 0 bridgehead atoms. The number of hydrogen-bond acceptors (Lipinski definition) is 5. The largest absolute Gasteiger partial charge is 0.394 e. The fourth-order valence-electron chi connectivity index (χ4n) is 2.69. The van der Waals surface area contributed by atoms with Crippen LogP contribution < -0.4 is 5.32 Å². The van der Waals surface area contributed by atoms with Crippen molar-refractivity contribution in [2.45, 2.75) is 51.6 Å². The fourth-order valence-corrected chi connectivity index (χ4v) is 4.31. The van der Waals surface area contributed by atoms with Gasteiger partial charge in [-0.05, 0) is 46.2 Å². The minimum absolute atomic E-state index is 0.109. The highest BCUT2D eigenvalue weighted by atomic mass is 32.2. The molecule has 6 heteroatoms. The Morgan fingerprint density at radius 1 is 1.45 bits per heavy atom. The molecule has 2 atom stereocenters. The van der Waals surface area contributed by atoms with Crippen LogP contribution in [0, 0.1) is 0 Å². The van der Waals surface area contributed by atoms with Gasteiger partial charge in [0.1, 0.15) is 0 Å². The van der Waals surface area contributed by atoms with E-state index in [4.69, 9.17) is 0 Å². The molecule has 0 spiro atoms. The van der Waals surface area contributed by atoms with E-state index in [1.807, 2.05) is 13.8 Å². The van der Waals surface area contributed by atoms with Crippen molar-refractivity contribution in [2.75, 3.05) is 37.7 Å². The van der Waals surface area contributed by atoms with E-state index in [2.05, 4.69) is 17.1 Å². The Labute approximate surface area is 123 Å². The average Bonchev–Trinajstić information content (AvgIpc) is 2.38. The average molecular weight is 306 g/mol.